The molecule has 0 aromatic rings. The third kappa shape index (κ3) is 25.7. The van der Waals surface area contributed by atoms with E-state index in [1.54, 1.807) is 0 Å². The van der Waals surface area contributed by atoms with Crippen molar-refractivity contribution in [3.63, 3.8) is 0 Å². The number of aliphatic hydroxyl groups is 4. The first-order valence-corrected chi connectivity index (χ1v) is 23.2. The van der Waals surface area contributed by atoms with Gasteiger partial charge in [0.05, 0.1) is 12.2 Å². The molecule has 0 bridgehead atoms. The lowest BCUT2D eigenvalue weighted by Gasteiger charge is -2.34. The van der Waals surface area contributed by atoms with Crippen molar-refractivity contribution in [2.45, 2.75) is 282 Å². The first-order chi connectivity index (χ1) is 25.6. The van der Waals surface area contributed by atoms with Crippen molar-refractivity contribution in [1.29, 1.82) is 0 Å². The summed E-state index contributed by atoms with van der Waals surface area (Å²) in [5.74, 6) is -2.41. The lowest BCUT2D eigenvalue weighted by atomic mass is 9.85. The maximum absolute atomic E-state index is 13.7. The van der Waals surface area contributed by atoms with Crippen molar-refractivity contribution in [2.75, 3.05) is 0 Å². The van der Waals surface area contributed by atoms with Crippen LogP contribution in [0.1, 0.15) is 259 Å². The summed E-state index contributed by atoms with van der Waals surface area (Å²) in [5, 5.41) is 46.0. The van der Waals surface area contributed by atoms with E-state index < -0.39 is 35.3 Å². The number of rotatable bonds is 40. The van der Waals surface area contributed by atoms with Crippen LogP contribution in [0.3, 0.4) is 0 Å². The maximum atomic E-state index is 13.7. The summed E-state index contributed by atoms with van der Waals surface area (Å²) in [6.07, 6.45) is 31.4. The summed E-state index contributed by atoms with van der Waals surface area (Å²) in [6.45, 7) is 8.77. The van der Waals surface area contributed by atoms with Gasteiger partial charge in [-0.05, 0) is 38.5 Å². The second-order valence-corrected chi connectivity index (χ2v) is 16.5. The van der Waals surface area contributed by atoms with E-state index in [2.05, 4.69) is 27.7 Å². The summed E-state index contributed by atoms with van der Waals surface area (Å²) < 4.78 is 5.33. The predicted octanol–water partition coefficient (Wildman–Crippen LogP) is 12.4. The Hall–Kier alpha value is -1.02. The van der Waals surface area contributed by atoms with Crippen LogP contribution in [-0.2, 0) is 14.3 Å². The molecule has 4 N–H and O–H groups in total. The average Bonchev–Trinajstić information content (AvgIpc) is 3.15. The van der Waals surface area contributed by atoms with Gasteiger partial charge in [-0.25, -0.2) is 9.59 Å². The second-order valence-electron chi connectivity index (χ2n) is 16.5. The standard InChI is InChI=1S/C46H90O7/c1-5-9-13-17-21-23-25-27-31-35-39-45(51,41(47)37-33-29-19-15-11-7-3)43(49)53-44(50)46(52,42(48)38-34-30-20-16-12-8-4)40-36-32-28-26-24-22-18-14-10-6-2/h41-42,47-48,51-52H,5-40H2,1-4H3. The van der Waals surface area contributed by atoms with Gasteiger partial charge >= 0.3 is 11.9 Å². The summed E-state index contributed by atoms with van der Waals surface area (Å²) in [4.78, 5) is 27.4. The number of esters is 2. The topological polar surface area (TPSA) is 124 Å². The fraction of sp³-hybridized carbons (Fsp3) is 0.957. The van der Waals surface area contributed by atoms with Crippen LogP contribution in [0.5, 0.6) is 0 Å². The number of carbonyl (C=O) groups is 2. The Morgan fingerprint density at radius 3 is 0.830 bits per heavy atom. The van der Waals surface area contributed by atoms with Crippen LogP contribution in [0.4, 0.5) is 0 Å². The Kier molecular flexibility index (Phi) is 34.7. The van der Waals surface area contributed by atoms with E-state index in [-0.39, 0.29) is 25.7 Å². The van der Waals surface area contributed by atoms with Crippen LogP contribution >= 0.6 is 0 Å². The van der Waals surface area contributed by atoms with Crippen LogP contribution in [0.15, 0.2) is 0 Å². The number of hydrogen-bond donors (Lipinski definition) is 4. The Labute approximate surface area is 328 Å². The Morgan fingerprint density at radius 2 is 0.585 bits per heavy atom. The first kappa shape index (κ1) is 52.0. The van der Waals surface area contributed by atoms with Crippen molar-refractivity contribution >= 4 is 11.9 Å². The third-order valence-electron chi connectivity index (χ3n) is 11.5. The molecule has 7 nitrogen and oxygen atoms in total. The van der Waals surface area contributed by atoms with Gasteiger partial charge in [0.25, 0.3) is 0 Å². The van der Waals surface area contributed by atoms with Crippen LogP contribution in [0, 0.1) is 0 Å². The summed E-state index contributed by atoms with van der Waals surface area (Å²) in [5.41, 5.74) is -4.50. The third-order valence-corrected chi connectivity index (χ3v) is 11.5. The minimum absolute atomic E-state index is 0.0101. The van der Waals surface area contributed by atoms with E-state index in [1.807, 2.05) is 0 Å². The zero-order valence-electron chi connectivity index (χ0n) is 35.6. The highest BCUT2D eigenvalue weighted by molar-refractivity contribution is 5.94. The minimum atomic E-state index is -2.25. The van der Waals surface area contributed by atoms with Gasteiger partial charge in [-0.15, -0.1) is 0 Å². The maximum Gasteiger partial charge on any atom is 0.348 e. The van der Waals surface area contributed by atoms with E-state index in [0.29, 0.717) is 25.7 Å². The molecule has 0 rings (SSSR count). The van der Waals surface area contributed by atoms with Crippen molar-refractivity contribution in [3.05, 3.63) is 0 Å². The Bertz CT molecular complexity index is 769. The largest absolute Gasteiger partial charge is 0.389 e. The monoisotopic (exact) mass is 755 g/mol. The summed E-state index contributed by atoms with van der Waals surface area (Å²) in [7, 11) is 0. The number of ether oxygens (including phenoxy) is 1. The Morgan fingerprint density at radius 1 is 0.377 bits per heavy atom. The fourth-order valence-electron chi connectivity index (χ4n) is 7.55. The molecule has 0 radical (unpaired) electrons. The molecule has 7 heteroatoms. The van der Waals surface area contributed by atoms with Crippen molar-refractivity contribution in [1.82, 2.24) is 0 Å². The van der Waals surface area contributed by atoms with Crippen molar-refractivity contribution in [3.8, 4) is 0 Å². The molecule has 0 fully saturated rings. The van der Waals surface area contributed by atoms with Gasteiger partial charge in [-0.1, -0.05) is 220 Å². The van der Waals surface area contributed by atoms with Gasteiger partial charge in [-0.2, -0.15) is 0 Å². The zero-order chi connectivity index (χ0) is 39.5. The number of hydrogen-bond acceptors (Lipinski definition) is 7. The van der Waals surface area contributed by atoms with Crippen molar-refractivity contribution < 1.29 is 34.8 Å². The molecule has 4 unspecified atom stereocenters. The normalized spacial score (nSPS) is 15.2. The van der Waals surface area contributed by atoms with E-state index in [4.69, 9.17) is 4.74 Å². The Balaban J connectivity index is 5.52. The second kappa shape index (κ2) is 35.4. The molecule has 316 valence electrons. The van der Waals surface area contributed by atoms with E-state index >= 15 is 0 Å². The average molecular weight is 755 g/mol. The molecule has 0 aromatic carbocycles. The lowest BCUT2D eigenvalue weighted by Crippen LogP contribution is -2.56. The molecular weight excluding hydrogens is 664 g/mol. The zero-order valence-corrected chi connectivity index (χ0v) is 35.6. The van der Waals surface area contributed by atoms with E-state index in [9.17, 15) is 30.0 Å². The van der Waals surface area contributed by atoms with Gasteiger partial charge in [0.15, 0.2) is 11.2 Å². The predicted molar refractivity (Wildman–Crippen MR) is 222 cm³/mol. The molecule has 0 aromatic heterocycles. The highest BCUT2D eigenvalue weighted by atomic mass is 16.6. The van der Waals surface area contributed by atoms with Gasteiger partial charge in [0.2, 0.25) is 0 Å². The van der Waals surface area contributed by atoms with E-state index in [1.165, 1.54) is 77.0 Å². The van der Waals surface area contributed by atoms with Crippen LogP contribution in [0.2, 0.25) is 0 Å². The summed E-state index contributed by atoms with van der Waals surface area (Å²) in [6, 6.07) is 0. The smallest absolute Gasteiger partial charge is 0.348 e. The molecular formula is C46H90O7. The van der Waals surface area contributed by atoms with Gasteiger partial charge < -0.3 is 25.2 Å². The molecule has 0 saturated carbocycles. The highest BCUT2D eigenvalue weighted by Gasteiger charge is 2.50. The highest BCUT2D eigenvalue weighted by Crippen LogP contribution is 2.30. The number of carbonyl (C=O) groups excluding carboxylic acids is 2. The molecule has 0 amide bonds. The molecule has 4 atom stereocenters. The molecule has 0 saturated heterocycles. The van der Waals surface area contributed by atoms with Gasteiger partial charge in [0, 0.05) is 0 Å². The summed E-state index contributed by atoms with van der Waals surface area (Å²) >= 11 is 0. The van der Waals surface area contributed by atoms with Gasteiger partial charge in [0.1, 0.15) is 0 Å². The molecule has 0 aliphatic rings. The molecule has 0 spiro atoms. The number of unbranched alkanes of at least 4 members (excludes halogenated alkanes) is 28. The molecule has 53 heavy (non-hydrogen) atoms. The molecule has 0 aliphatic carbocycles. The van der Waals surface area contributed by atoms with Crippen LogP contribution < -0.4 is 0 Å². The fourth-order valence-corrected chi connectivity index (χ4v) is 7.55. The first-order valence-electron chi connectivity index (χ1n) is 23.2. The lowest BCUT2D eigenvalue weighted by molar-refractivity contribution is -0.200. The van der Waals surface area contributed by atoms with Crippen LogP contribution in [-0.4, -0.2) is 55.8 Å². The SMILES string of the molecule is CCCCCCCCCCCCC(O)(C(=O)OC(=O)C(O)(CCCCCCCCCCCC)C(O)CCCCCCCC)C(O)CCCCCCCC. The van der Waals surface area contributed by atoms with Crippen LogP contribution in [0.25, 0.3) is 0 Å². The van der Waals surface area contributed by atoms with Crippen molar-refractivity contribution in [2.24, 2.45) is 0 Å². The molecule has 0 aliphatic heterocycles. The van der Waals surface area contributed by atoms with Gasteiger partial charge in [-0.3, -0.25) is 0 Å². The van der Waals surface area contributed by atoms with E-state index in [0.717, 1.165) is 103 Å². The minimum Gasteiger partial charge on any atom is -0.389 e. The quantitative estimate of drug-likeness (QED) is 0.0279. The molecule has 0 heterocycles. The number of aliphatic hydroxyl groups excluding tert-OH is 2.